The molecule has 7 nitrogen and oxygen atoms in total. The smallest absolute Gasteiger partial charge is 0.254 e. The molecule has 2 fully saturated rings. The monoisotopic (exact) mass is 566 g/mol. The molecule has 3 aromatic carbocycles. The van der Waals surface area contributed by atoms with E-state index >= 15 is 0 Å². The van der Waals surface area contributed by atoms with Crippen molar-refractivity contribution >= 4 is 17.9 Å². The summed E-state index contributed by atoms with van der Waals surface area (Å²) in [6.07, 6.45) is 2.02. The van der Waals surface area contributed by atoms with Gasteiger partial charge in [0, 0.05) is 31.3 Å². The zero-order valence-electron chi connectivity index (χ0n) is 22.6. The minimum Gasteiger partial charge on any atom is -0.493 e. The molecule has 0 aromatic heterocycles. The molecule has 10 heteroatoms. The van der Waals surface area contributed by atoms with Crippen molar-refractivity contribution in [3.63, 3.8) is 0 Å². The van der Waals surface area contributed by atoms with Crippen LogP contribution in [0.2, 0.25) is 0 Å². The Labute approximate surface area is 235 Å². The highest BCUT2D eigenvalue weighted by molar-refractivity contribution is 5.97. The standard InChI is InChI=1S/C31H29F3N2O5/c1-19-12-26(39-2)27(41-18-20-6-4-3-5-7-20)15-22(19)31(38)35-16-25-28(17-35)40-11-10-36(25)29(37)9-8-21-13-23(32)30(34)24(33)14-21/h3-9,12-15,25,28H,10-11,16-18H2,1-2H3/b9-8+/t25-,28+/m0/s1. The van der Waals surface area contributed by atoms with E-state index in [1.165, 1.54) is 19.3 Å². The lowest BCUT2D eigenvalue weighted by molar-refractivity contribution is -0.137. The van der Waals surface area contributed by atoms with Gasteiger partial charge in [-0.3, -0.25) is 9.59 Å². The van der Waals surface area contributed by atoms with Crippen molar-refractivity contribution in [3.8, 4) is 11.5 Å². The van der Waals surface area contributed by atoms with E-state index in [0.717, 1.165) is 17.7 Å². The van der Waals surface area contributed by atoms with Crippen molar-refractivity contribution < 1.29 is 37.0 Å². The van der Waals surface area contributed by atoms with Crippen molar-refractivity contribution in [2.24, 2.45) is 0 Å². The van der Waals surface area contributed by atoms with Gasteiger partial charge in [-0.15, -0.1) is 0 Å². The average molecular weight is 567 g/mol. The van der Waals surface area contributed by atoms with E-state index in [0.29, 0.717) is 29.2 Å². The number of hydrogen-bond acceptors (Lipinski definition) is 5. The van der Waals surface area contributed by atoms with Gasteiger partial charge in [-0.25, -0.2) is 13.2 Å². The van der Waals surface area contributed by atoms with Crippen LogP contribution in [0.5, 0.6) is 11.5 Å². The third-order valence-corrected chi connectivity index (χ3v) is 7.27. The van der Waals surface area contributed by atoms with Gasteiger partial charge in [0.1, 0.15) is 6.61 Å². The van der Waals surface area contributed by atoms with Crippen LogP contribution >= 0.6 is 0 Å². The first-order valence-electron chi connectivity index (χ1n) is 13.1. The van der Waals surface area contributed by atoms with E-state index in [1.54, 1.807) is 21.9 Å². The van der Waals surface area contributed by atoms with Crippen molar-refractivity contribution in [1.29, 1.82) is 0 Å². The lowest BCUT2D eigenvalue weighted by atomic mass is 10.1. The Kier molecular flexibility index (Phi) is 8.30. The van der Waals surface area contributed by atoms with Gasteiger partial charge < -0.3 is 24.0 Å². The van der Waals surface area contributed by atoms with Gasteiger partial charge in [-0.05, 0) is 54.0 Å². The number of halogens is 3. The lowest BCUT2D eigenvalue weighted by Crippen LogP contribution is -2.52. The maximum Gasteiger partial charge on any atom is 0.254 e. The molecule has 2 amide bonds. The summed E-state index contributed by atoms with van der Waals surface area (Å²) in [7, 11) is 1.54. The van der Waals surface area contributed by atoms with Gasteiger partial charge in [0.25, 0.3) is 5.91 Å². The zero-order chi connectivity index (χ0) is 29.1. The Morgan fingerprint density at radius 2 is 1.76 bits per heavy atom. The summed E-state index contributed by atoms with van der Waals surface area (Å²) in [4.78, 5) is 29.9. The molecule has 0 spiro atoms. The molecule has 3 aromatic rings. The van der Waals surface area contributed by atoms with Crippen LogP contribution in [0.3, 0.4) is 0 Å². The fraction of sp³-hybridized carbons (Fsp3) is 0.290. The number of rotatable bonds is 7. The molecule has 214 valence electrons. The Morgan fingerprint density at radius 3 is 2.46 bits per heavy atom. The minimum absolute atomic E-state index is 0.0167. The summed E-state index contributed by atoms with van der Waals surface area (Å²) in [5, 5.41) is 0. The van der Waals surface area contributed by atoms with Crippen LogP contribution in [0.25, 0.3) is 6.08 Å². The first-order valence-corrected chi connectivity index (χ1v) is 13.1. The number of carbonyl (C=O) groups is 2. The Balaban J connectivity index is 1.30. The molecular formula is C31H29F3N2O5. The molecule has 2 saturated heterocycles. The maximum atomic E-state index is 13.7. The maximum absolute atomic E-state index is 13.7. The van der Waals surface area contributed by atoms with E-state index in [2.05, 4.69) is 0 Å². The predicted octanol–water partition coefficient (Wildman–Crippen LogP) is 4.77. The predicted molar refractivity (Wildman–Crippen MR) is 145 cm³/mol. The summed E-state index contributed by atoms with van der Waals surface area (Å²) in [6, 6.07) is 14.3. The third-order valence-electron chi connectivity index (χ3n) is 7.27. The number of morpholine rings is 1. The van der Waals surface area contributed by atoms with Crippen LogP contribution in [0.4, 0.5) is 13.2 Å². The van der Waals surface area contributed by atoms with E-state index in [9.17, 15) is 22.8 Å². The number of amides is 2. The van der Waals surface area contributed by atoms with Crippen molar-refractivity contribution in [2.45, 2.75) is 25.7 Å². The summed E-state index contributed by atoms with van der Waals surface area (Å²) in [5.41, 5.74) is 2.15. The summed E-state index contributed by atoms with van der Waals surface area (Å²) < 4.78 is 57.7. The van der Waals surface area contributed by atoms with E-state index in [-0.39, 0.29) is 37.7 Å². The molecular weight excluding hydrogens is 537 g/mol. The molecule has 0 bridgehead atoms. The molecule has 2 atom stereocenters. The van der Waals surface area contributed by atoms with Gasteiger partial charge in [0.15, 0.2) is 29.0 Å². The quantitative estimate of drug-likeness (QED) is 0.305. The Hall–Kier alpha value is -4.31. The number of nitrogens with zero attached hydrogens (tertiary/aromatic N) is 2. The first kappa shape index (κ1) is 28.2. The molecule has 0 unspecified atom stereocenters. The molecule has 5 rings (SSSR count). The number of likely N-dealkylation sites (tertiary alicyclic amines) is 1. The molecule has 0 radical (unpaired) electrons. The number of carbonyl (C=O) groups excluding carboxylic acids is 2. The van der Waals surface area contributed by atoms with Gasteiger partial charge in [0.05, 0.1) is 25.9 Å². The number of fused-ring (bicyclic) bond motifs is 1. The largest absolute Gasteiger partial charge is 0.493 e. The van der Waals surface area contributed by atoms with Gasteiger partial charge in [0.2, 0.25) is 5.91 Å². The van der Waals surface area contributed by atoms with Gasteiger partial charge in [-0.2, -0.15) is 0 Å². The van der Waals surface area contributed by atoms with Crippen LogP contribution in [0, 0.1) is 24.4 Å². The molecule has 0 aliphatic carbocycles. The summed E-state index contributed by atoms with van der Waals surface area (Å²) >= 11 is 0. The van der Waals surface area contributed by atoms with Crippen LogP contribution in [0.1, 0.15) is 27.0 Å². The second-order valence-corrected chi connectivity index (χ2v) is 9.94. The second-order valence-electron chi connectivity index (χ2n) is 9.94. The highest BCUT2D eigenvalue weighted by Gasteiger charge is 2.43. The third kappa shape index (κ3) is 6.07. The Morgan fingerprint density at radius 1 is 1.02 bits per heavy atom. The average Bonchev–Trinajstić information content (AvgIpc) is 3.42. The first-order chi connectivity index (χ1) is 19.7. The molecule has 0 saturated carbocycles. The van der Waals surface area contributed by atoms with Crippen molar-refractivity contribution in [1.82, 2.24) is 9.80 Å². The van der Waals surface area contributed by atoms with Crippen LogP contribution < -0.4 is 9.47 Å². The normalized spacial score (nSPS) is 18.5. The molecule has 41 heavy (non-hydrogen) atoms. The fourth-order valence-electron chi connectivity index (χ4n) is 5.13. The SMILES string of the molecule is COc1cc(C)c(C(=O)N2C[C@H]3OCCN(C(=O)/C=C/c4cc(F)c(F)c(F)c4)[C@H]3C2)cc1OCc1ccccc1. The second kappa shape index (κ2) is 12.1. The summed E-state index contributed by atoms with van der Waals surface area (Å²) in [6.45, 7) is 3.22. The molecule has 0 N–H and O–H groups in total. The number of hydrogen-bond donors (Lipinski definition) is 0. The van der Waals surface area contributed by atoms with Gasteiger partial charge in [-0.1, -0.05) is 30.3 Å². The number of benzene rings is 3. The van der Waals surface area contributed by atoms with Crippen LogP contribution in [-0.2, 0) is 16.1 Å². The zero-order valence-corrected chi connectivity index (χ0v) is 22.6. The van der Waals surface area contributed by atoms with Crippen LogP contribution in [0.15, 0.2) is 60.7 Å². The van der Waals surface area contributed by atoms with Gasteiger partial charge >= 0.3 is 0 Å². The Bertz CT molecular complexity index is 1460. The molecule has 2 aliphatic rings. The number of aryl methyl sites for hydroxylation is 1. The fourth-order valence-corrected chi connectivity index (χ4v) is 5.13. The van der Waals surface area contributed by atoms with Crippen molar-refractivity contribution in [3.05, 3.63) is 100 Å². The summed E-state index contributed by atoms with van der Waals surface area (Å²) in [5.74, 6) is -3.92. The lowest BCUT2D eigenvalue weighted by Gasteiger charge is -2.36. The van der Waals surface area contributed by atoms with E-state index in [4.69, 9.17) is 14.2 Å². The molecule has 2 heterocycles. The number of ether oxygens (including phenoxy) is 3. The highest BCUT2D eigenvalue weighted by Crippen LogP contribution is 2.33. The highest BCUT2D eigenvalue weighted by atomic mass is 19.2. The van der Waals surface area contributed by atoms with Crippen molar-refractivity contribution in [2.75, 3.05) is 33.4 Å². The topological polar surface area (TPSA) is 68.3 Å². The van der Waals surface area contributed by atoms with E-state index < -0.39 is 35.5 Å². The minimum atomic E-state index is -1.57. The van der Waals surface area contributed by atoms with Crippen LogP contribution in [-0.4, -0.2) is 67.1 Å². The number of methoxy groups -OCH3 is 1. The van der Waals surface area contributed by atoms with E-state index in [1.807, 2.05) is 37.3 Å². The molecule has 2 aliphatic heterocycles.